The number of amides is 1. The molecule has 0 fully saturated rings. The van der Waals surface area contributed by atoms with E-state index in [1.54, 1.807) is 36.4 Å². The first-order valence-electron chi connectivity index (χ1n) is 8.61. The van der Waals surface area contributed by atoms with Crippen molar-refractivity contribution in [2.75, 3.05) is 6.54 Å². The quantitative estimate of drug-likeness (QED) is 0.248. The SMILES string of the molecule is NN(C(=O)C1=CN(CC(=O)c2ccccc2)C(Cl)=CC1)S(=O)(=O)c1ccccc1. The summed E-state index contributed by atoms with van der Waals surface area (Å²) in [6.45, 7) is -0.105. The molecule has 2 aromatic rings. The number of nitrogens with two attached hydrogens (primary N) is 1. The second-order valence-corrected chi connectivity index (χ2v) is 8.42. The first-order valence-corrected chi connectivity index (χ1v) is 10.4. The highest BCUT2D eigenvalue weighted by atomic mass is 35.5. The topological polar surface area (TPSA) is 101 Å². The van der Waals surface area contributed by atoms with E-state index in [0.29, 0.717) is 5.56 Å². The molecule has 0 unspecified atom stereocenters. The smallest absolute Gasteiger partial charge is 0.280 e. The van der Waals surface area contributed by atoms with Crippen LogP contribution in [0.25, 0.3) is 0 Å². The Balaban J connectivity index is 1.80. The molecule has 1 heterocycles. The molecule has 0 aliphatic carbocycles. The number of hydrazine groups is 1. The molecule has 0 saturated heterocycles. The largest absolute Gasteiger partial charge is 0.331 e. The highest BCUT2D eigenvalue weighted by molar-refractivity contribution is 7.89. The summed E-state index contributed by atoms with van der Waals surface area (Å²) in [4.78, 5) is 26.4. The van der Waals surface area contributed by atoms with Crippen LogP contribution < -0.4 is 5.84 Å². The highest BCUT2D eigenvalue weighted by Gasteiger charge is 2.30. The van der Waals surface area contributed by atoms with Gasteiger partial charge in [0.05, 0.1) is 11.4 Å². The summed E-state index contributed by atoms with van der Waals surface area (Å²) in [5.74, 6) is 4.54. The number of ketones is 1. The van der Waals surface area contributed by atoms with Crippen LogP contribution in [0.5, 0.6) is 0 Å². The minimum atomic E-state index is -4.20. The molecule has 2 N–H and O–H groups in total. The Bertz CT molecular complexity index is 1080. The monoisotopic (exact) mass is 431 g/mol. The molecule has 7 nitrogen and oxygen atoms in total. The molecule has 1 aliphatic heterocycles. The van der Waals surface area contributed by atoms with Crippen molar-refractivity contribution >= 4 is 33.3 Å². The van der Waals surface area contributed by atoms with Crippen molar-refractivity contribution in [2.24, 2.45) is 5.84 Å². The average molecular weight is 432 g/mol. The summed E-state index contributed by atoms with van der Waals surface area (Å²) in [6, 6.07) is 16.0. The molecular formula is C20H18ClN3O4S. The summed E-state index contributed by atoms with van der Waals surface area (Å²) < 4.78 is 25.3. The van der Waals surface area contributed by atoms with Gasteiger partial charge in [-0.05, 0) is 18.2 Å². The second-order valence-electron chi connectivity index (χ2n) is 6.22. The van der Waals surface area contributed by atoms with E-state index in [9.17, 15) is 18.0 Å². The molecule has 0 bridgehead atoms. The number of allylic oxidation sites excluding steroid dienone is 1. The molecule has 0 radical (unpaired) electrons. The molecule has 1 aliphatic rings. The maximum absolute atomic E-state index is 12.7. The minimum Gasteiger partial charge on any atom is -0.331 e. The molecule has 0 saturated carbocycles. The Morgan fingerprint density at radius 3 is 2.24 bits per heavy atom. The summed E-state index contributed by atoms with van der Waals surface area (Å²) >= 11 is 6.17. The zero-order valence-corrected chi connectivity index (χ0v) is 16.8. The van der Waals surface area contributed by atoms with Gasteiger partial charge in [0.2, 0.25) is 0 Å². The van der Waals surface area contributed by atoms with Crippen LogP contribution in [0, 0.1) is 0 Å². The number of carbonyl (C=O) groups is 2. The van der Waals surface area contributed by atoms with Gasteiger partial charge in [-0.25, -0.2) is 5.84 Å². The van der Waals surface area contributed by atoms with E-state index in [4.69, 9.17) is 17.4 Å². The van der Waals surface area contributed by atoms with Crippen molar-refractivity contribution in [1.29, 1.82) is 0 Å². The normalized spacial score (nSPS) is 14.1. The Labute approximate surface area is 173 Å². The number of rotatable bonds is 6. The summed E-state index contributed by atoms with van der Waals surface area (Å²) in [7, 11) is -4.20. The second kappa shape index (κ2) is 8.60. The van der Waals surface area contributed by atoms with Crippen molar-refractivity contribution in [3.63, 3.8) is 0 Å². The van der Waals surface area contributed by atoms with E-state index in [0.717, 1.165) is 0 Å². The van der Waals surface area contributed by atoms with Gasteiger partial charge in [-0.3, -0.25) is 9.59 Å². The van der Waals surface area contributed by atoms with Crippen LogP contribution in [-0.4, -0.2) is 36.0 Å². The van der Waals surface area contributed by atoms with Gasteiger partial charge in [0.15, 0.2) is 5.78 Å². The summed E-state index contributed by atoms with van der Waals surface area (Å²) in [5.41, 5.74) is 0.591. The first kappa shape index (κ1) is 20.8. The van der Waals surface area contributed by atoms with Crippen molar-refractivity contribution in [3.8, 4) is 0 Å². The highest BCUT2D eigenvalue weighted by Crippen LogP contribution is 2.24. The lowest BCUT2D eigenvalue weighted by molar-refractivity contribution is -0.123. The van der Waals surface area contributed by atoms with Crippen LogP contribution >= 0.6 is 11.6 Å². The average Bonchev–Trinajstić information content (AvgIpc) is 2.75. The van der Waals surface area contributed by atoms with E-state index in [-0.39, 0.29) is 38.8 Å². The minimum absolute atomic E-state index is 0.0890. The Morgan fingerprint density at radius 2 is 1.62 bits per heavy atom. The molecule has 0 aromatic heterocycles. The molecular weight excluding hydrogens is 414 g/mol. The third kappa shape index (κ3) is 4.56. The van der Waals surface area contributed by atoms with E-state index in [1.165, 1.54) is 41.4 Å². The van der Waals surface area contributed by atoms with Gasteiger partial charge in [-0.2, -0.15) is 12.8 Å². The van der Waals surface area contributed by atoms with E-state index in [2.05, 4.69) is 0 Å². The van der Waals surface area contributed by atoms with Crippen LogP contribution in [0.2, 0.25) is 0 Å². The third-order valence-electron chi connectivity index (χ3n) is 4.26. The van der Waals surface area contributed by atoms with Crippen LogP contribution in [-0.2, 0) is 14.8 Å². The third-order valence-corrected chi connectivity index (χ3v) is 6.18. The standard InChI is InChI=1S/C20H18ClN3O4S/c21-19-12-11-16(13-23(19)14-18(25)15-7-3-1-4-8-15)20(26)24(22)29(27,28)17-9-5-2-6-10-17/h1-10,12-13H,11,14,22H2. The summed E-state index contributed by atoms with van der Waals surface area (Å²) in [5, 5.41) is 0.264. The molecule has 1 amide bonds. The van der Waals surface area contributed by atoms with Crippen molar-refractivity contribution in [3.05, 3.63) is 89.2 Å². The summed E-state index contributed by atoms with van der Waals surface area (Å²) in [6.07, 6.45) is 2.97. The number of hydrogen-bond acceptors (Lipinski definition) is 6. The number of Topliss-reactive ketones (excluding diaryl/α,β-unsaturated/α-hetero) is 1. The molecule has 0 atom stereocenters. The van der Waals surface area contributed by atoms with Crippen molar-refractivity contribution in [2.45, 2.75) is 11.3 Å². The molecule has 29 heavy (non-hydrogen) atoms. The van der Waals surface area contributed by atoms with Gasteiger partial charge in [-0.15, -0.1) is 0 Å². The molecule has 2 aromatic carbocycles. The fourth-order valence-corrected chi connectivity index (χ4v) is 3.95. The van der Waals surface area contributed by atoms with Crippen LogP contribution in [0.4, 0.5) is 0 Å². The van der Waals surface area contributed by atoms with Gasteiger partial charge < -0.3 is 4.90 Å². The number of nitrogens with zero attached hydrogens (tertiary/aromatic N) is 2. The van der Waals surface area contributed by atoms with E-state index >= 15 is 0 Å². The van der Waals surface area contributed by atoms with Crippen molar-refractivity contribution in [1.82, 2.24) is 9.31 Å². The first-order chi connectivity index (χ1) is 13.8. The zero-order chi connectivity index (χ0) is 21.0. The number of halogens is 1. The van der Waals surface area contributed by atoms with Gasteiger partial charge in [0.25, 0.3) is 15.9 Å². The number of sulfonamides is 1. The lowest BCUT2D eigenvalue weighted by Gasteiger charge is -2.25. The molecule has 150 valence electrons. The van der Waals surface area contributed by atoms with Crippen LogP contribution in [0.3, 0.4) is 0 Å². The lowest BCUT2D eigenvalue weighted by Crippen LogP contribution is -2.44. The van der Waals surface area contributed by atoms with Crippen LogP contribution in [0.15, 0.2) is 88.6 Å². The molecule has 0 spiro atoms. The Hall–Kier alpha value is -2.94. The van der Waals surface area contributed by atoms with Gasteiger partial charge in [0.1, 0.15) is 5.16 Å². The van der Waals surface area contributed by atoms with E-state index < -0.39 is 15.9 Å². The number of benzene rings is 2. The van der Waals surface area contributed by atoms with Crippen LogP contribution in [0.1, 0.15) is 16.8 Å². The number of hydrogen-bond donors (Lipinski definition) is 1. The van der Waals surface area contributed by atoms with Gasteiger partial charge in [0, 0.05) is 23.8 Å². The van der Waals surface area contributed by atoms with Gasteiger partial charge >= 0.3 is 0 Å². The zero-order valence-electron chi connectivity index (χ0n) is 15.2. The number of carbonyl (C=O) groups excluding carboxylic acids is 2. The predicted octanol–water partition coefficient (Wildman–Crippen LogP) is 2.63. The fraction of sp³-hybridized carbons (Fsp3) is 0.100. The van der Waals surface area contributed by atoms with Crippen molar-refractivity contribution < 1.29 is 18.0 Å². The predicted molar refractivity (Wildman–Crippen MR) is 109 cm³/mol. The van der Waals surface area contributed by atoms with Gasteiger partial charge in [-0.1, -0.05) is 60.1 Å². The lowest BCUT2D eigenvalue weighted by atomic mass is 10.1. The maximum atomic E-state index is 12.7. The molecule has 3 rings (SSSR count). The maximum Gasteiger partial charge on any atom is 0.280 e. The Kier molecular flexibility index (Phi) is 6.17. The Morgan fingerprint density at radius 1 is 1.03 bits per heavy atom. The fourth-order valence-electron chi connectivity index (χ4n) is 2.70. The molecule has 9 heteroatoms. The van der Waals surface area contributed by atoms with E-state index in [1.807, 2.05) is 0 Å².